The largest absolute Gasteiger partial charge is 0.480 e. The molecular weight excluding hydrogens is 208 g/mol. The van der Waals surface area contributed by atoms with Gasteiger partial charge in [0.2, 0.25) is 5.91 Å². The van der Waals surface area contributed by atoms with Gasteiger partial charge < -0.3 is 15.7 Å². The molecule has 0 spiro atoms. The molecule has 0 aliphatic carbocycles. The van der Waals surface area contributed by atoms with Gasteiger partial charge >= 0.3 is 5.97 Å². The number of carbonyl (C=O) groups excluding carboxylic acids is 1. The molecule has 0 radical (unpaired) electrons. The molecule has 0 bridgehead atoms. The zero-order valence-corrected chi connectivity index (χ0v) is 9.85. The minimum atomic E-state index is -0.912. The minimum Gasteiger partial charge on any atom is -0.480 e. The van der Waals surface area contributed by atoms with E-state index in [1.807, 2.05) is 0 Å². The van der Waals surface area contributed by atoms with Gasteiger partial charge in [-0.15, -0.1) is 0 Å². The third-order valence-corrected chi connectivity index (χ3v) is 3.25. The first-order valence-electron chi connectivity index (χ1n) is 5.74. The first-order valence-corrected chi connectivity index (χ1v) is 5.74. The van der Waals surface area contributed by atoms with Crippen molar-refractivity contribution in [2.45, 2.75) is 45.2 Å². The summed E-state index contributed by atoms with van der Waals surface area (Å²) in [4.78, 5) is 24.5. The molecule has 5 nitrogen and oxygen atoms in total. The summed E-state index contributed by atoms with van der Waals surface area (Å²) in [5.41, 5.74) is 5.67. The van der Waals surface area contributed by atoms with Crippen molar-refractivity contribution in [2.75, 3.05) is 6.54 Å². The maximum atomic E-state index is 12.0. The maximum Gasteiger partial charge on any atom is 0.326 e. The molecule has 1 amide bonds. The molecule has 2 unspecified atom stereocenters. The molecule has 1 aliphatic heterocycles. The molecule has 1 rings (SSSR count). The molecule has 5 heteroatoms. The summed E-state index contributed by atoms with van der Waals surface area (Å²) in [6.45, 7) is 4.05. The van der Waals surface area contributed by atoms with Crippen LogP contribution in [0.15, 0.2) is 0 Å². The highest BCUT2D eigenvalue weighted by Crippen LogP contribution is 2.20. The van der Waals surface area contributed by atoms with E-state index in [9.17, 15) is 9.59 Å². The van der Waals surface area contributed by atoms with Crippen molar-refractivity contribution in [1.82, 2.24) is 4.90 Å². The Morgan fingerprint density at radius 2 is 2.00 bits per heavy atom. The number of carbonyl (C=O) groups is 2. The summed E-state index contributed by atoms with van der Waals surface area (Å²) >= 11 is 0. The van der Waals surface area contributed by atoms with Gasteiger partial charge in [0.05, 0.1) is 5.92 Å². The van der Waals surface area contributed by atoms with Crippen LogP contribution in [0.5, 0.6) is 0 Å². The van der Waals surface area contributed by atoms with Crippen LogP contribution in [0, 0.1) is 5.92 Å². The summed E-state index contributed by atoms with van der Waals surface area (Å²) in [6.07, 6.45) is 2.29. The van der Waals surface area contributed by atoms with Crippen molar-refractivity contribution < 1.29 is 14.7 Å². The summed E-state index contributed by atoms with van der Waals surface area (Å²) in [6, 6.07) is -0.911. The second-order valence-electron chi connectivity index (χ2n) is 4.53. The highest BCUT2D eigenvalue weighted by Gasteiger charge is 2.34. The molecule has 3 atom stereocenters. The lowest BCUT2D eigenvalue weighted by Gasteiger charge is -2.35. The van der Waals surface area contributed by atoms with E-state index >= 15 is 0 Å². The van der Waals surface area contributed by atoms with Gasteiger partial charge in [-0.3, -0.25) is 4.79 Å². The highest BCUT2D eigenvalue weighted by atomic mass is 16.4. The third kappa shape index (κ3) is 2.72. The molecule has 0 saturated carbocycles. The SMILES string of the molecule is CC(N)C(C)C(=O)N1CCCC[C@@H]1C(=O)O. The number of nitrogens with two attached hydrogens (primary N) is 1. The Hall–Kier alpha value is -1.10. The van der Waals surface area contributed by atoms with Crippen molar-refractivity contribution in [1.29, 1.82) is 0 Å². The van der Waals surface area contributed by atoms with E-state index in [0.717, 1.165) is 12.8 Å². The molecule has 3 N–H and O–H groups in total. The van der Waals surface area contributed by atoms with E-state index in [0.29, 0.717) is 13.0 Å². The molecule has 0 aromatic rings. The normalized spacial score (nSPS) is 24.9. The lowest BCUT2D eigenvalue weighted by molar-refractivity contribution is -0.153. The Morgan fingerprint density at radius 3 is 2.50 bits per heavy atom. The fourth-order valence-corrected chi connectivity index (χ4v) is 1.94. The molecule has 1 heterocycles. The van der Waals surface area contributed by atoms with Gasteiger partial charge in [0.1, 0.15) is 6.04 Å². The topological polar surface area (TPSA) is 83.6 Å². The number of carboxylic acid groups (broad SMARTS) is 1. The number of likely N-dealkylation sites (tertiary alicyclic amines) is 1. The van der Waals surface area contributed by atoms with Crippen LogP contribution in [0.2, 0.25) is 0 Å². The van der Waals surface area contributed by atoms with E-state index in [1.54, 1.807) is 13.8 Å². The van der Waals surface area contributed by atoms with Gasteiger partial charge in [-0.25, -0.2) is 4.79 Å². The highest BCUT2D eigenvalue weighted by molar-refractivity contribution is 5.85. The summed E-state index contributed by atoms with van der Waals surface area (Å²) in [5.74, 6) is -1.37. The van der Waals surface area contributed by atoms with Gasteiger partial charge in [0.25, 0.3) is 0 Å². The van der Waals surface area contributed by atoms with E-state index in [4.69, 9.17) is 10.8 Å². The van der Waals surface area contributed by atoms with Crippen LogP contribution in [0.25, 0.3) is 0 Å². The van der Waals surface area contributed by atoms with Gasteiger partial charge in [0.15, 0.2) is 0 Å². The van der Waals surface area contributed by atoms with E-state index < -0.39 is 12.0 Å². The third-order valence-electron chi connectivity index (χ3n) is 3.25. The zero-order chi connectivity index (χ0) is 12.3. The van der Waals surface area contributed by atoms with Crippen molar-refractivity contribution in [2.24, 2.45) is 11.7 Å². The lowest BCUT2D eigenvalue weighted by atomic mass is 9.97. The van der Waals surface area contributed by atoms with Crippen molar-refractivity contribution in [3.8, 4) is 0 Å². The fraction of sp³-hybridized carbons (Fsp3) is 0.818. The second kappa shape index (κ2) is 5.30. The molecule has 92 valence electrons. The number of hydrogen-bond donors (Lipinski definition) is 2. The van der Waals surface area contributed by atoms with Gasteiger partial charge in [-0.05, 0) is 26.2 Å². The second-order valence-corrected chi connectivity index (χ2v) is 4.53. The van der Waals surface area contributed by atoms with Crippen LogP contribution in [0.3, 0.4) is 0 Å². The Balaban J connectivity index is 2.75. The molecule has 1 saturated heterocycles. The monoisotopic (exact) mass is 228 g/mol. The van der Waals surface area contributed by atoms with Crippen molar-refractivity contribution >= 4 is 11.9 Å². The molecule has 0 aromatic heterocycles. The van der Waals surface area contributed by atoms with Crippen LogP contribution in [-0.4, -0.2) is 40.5 Å². The number of rotatable bonds is 3. The number of piperidine rings is 1. The fourth-order valence-electron chi connectivity index (χ4n) is 1.94. The van der Waals surface area contributed by atoms with Crippen LogP contribution in [0.1, 0.15) is 33.1 Å². The predicted molar refractivity (Wildman–Crippen MR) is 59.8 cm³/mol. The Labute approximate surface area is 95.6 Å². The van der Waals surface area contributed by atoms with Crippen molar-refractivity contribution in [3.05, 3.63) is 0 Å². The van der Waals surface area contributed by atoms with Crippen molar-refractivity contribution in [3.63, 3.8) is 0 Å². The summed E-state index contributed by atoms with van der Waals surface area (Å²) in [7, 11) is 0. The molecule has 1 aliphatic rings. The van der Waals surface area contributed by atoms with E-state index in [1.165, 1.54) is 4.90 Å². The molecular formula is C11H20N2O3. The number of aliphatic carboxylic acids is 1. The van der Waals surface area contributed by atoms with Crippen LogP contribution < -0.4 is 5.73 Å². The molecule has 1 fully saturated rings. The Bertz CT molecular complexity index is 278. The van der Waals surface area contributed by atoms with E-state index in [-0.39, 0.29) is 17.9 Å². The zero-order valence-electron chi connectivity index (χ0n) is 9.85. The van der Waals surface area contributed by atoms with Gasteiger partial charge in [0, 0.05) is 12.6 Å². The van der Waals surface area contributed by atoms with Crippen LogP contribution in [-0.2, 0) is 9.59 Å². The standard InChI is InChI=1S/C11H20N2O3/c1-7(8(2)12)10(14)13-6-4-3-5-9(13)11(15)16/h7-9H,3-6,12H2,1-2H3,(H,15,16)/t7?,8?,9-/m1/s1. The van der Waals surface area contributed by atoms with Crippen LogP contribution >= 0.6 is 0 Å². The van der Waals surface area contributed by atoms with E-state index in [2.05, 4.69) is 0 Å². The maximum absolute atomic E-state index is 12.0. The number of nitrogens with zero attached hydrogens (tertiary/aromatic N) is 1. The first-order chi connectivity index (χ1) is 7.45. The van der Waals surface area contributed by atoms with Gasteiger partial charge in [-0.2, -0.15) is 0 Å². The number of carboxylic acids is 1. The number of amides is 1. The average molecular weight is 228 g/mol. The molecule has 16 heavy (non-hydrogen) atoms. The molecule has 0 aromatic carbocycles. The average Bonchev–Trinajstić information content (AvgIpc) is 2.26. The quantitative estimate of drug-likeness (QED) is 0.734. The number of hydrogen-bond acceptors (Lipinski definition) is 3. The Kier molecular flexibility index (Phi) is 4.29. The summed E-state index contributed by atoms with van der Waals surface area (Å²) < 4.78 is 0. The Morgan fingerprint density at radius 1 is 1.38 bits per heavy atom. The first kappa shape index (κ1) is 13.0. The lowest BCUT2D eigenvalue weighted by Crippen LogP contribution is -2.51. The smallest absolute Gasteiger partial charge is 0.326 e. The minimum absolute atomic E-state index is 0.137. The van der Waals surface area contributed by atoms with Gasteiger partial charge in [-0.1, -0.05) is 6.92 Å². The summed E-state index contributed by atoms with van der Waals surface area (Å²) in [5, 5.41) is 9.05. The predicted octanol–water partition coefficient (Wildman–Crippen LogP) is 0.435. The van der Waals surface area contributed by atoms with Crippen LogP contribution in [0.4, 0.5) is 0 Å².